The summed E-state index contributed by atoms with van der Waals surface area (Å²) in [5, 5.41) is 11.8. The molecule has 3 heteroatoms. The topological polar surface area (TPSA) is 38.1 Å². The van der Waals surface area contributed by atoms with Gasteiger partial charge in [-0.15, -0.1) is 0 Å². The molecule has 1 atom stereocenters. The molecule has 4 aromatic rings. The Morgan fingerprint density at radius 3 is 2.42 bits per heavy atom. The molecule has 0 amide bonds. The van der Waals surface area contributed by atoms with Crippen LogP contribution in [0.2, 0.25) is 0 Å². The number of para-hydroxylation sites is 2. The molecule has 0 radical (unpaired) electrons. The van der Waals surface area contributed by atoms with Gasteiger partial charge >= 0.3 is 0 Å². The van der Waals surface area contributed by atoms with Crippen molar-refractivity contribution in [2.24, 2.45) is 0 Å². The summed E-state index contributed by atoms with van der Waals surface area (Å²) in [7, 11) is 0. The van der Waals surface area contributed by atoms with E-state index in [-0.39, 0.29) is 0 Å². The van der Waals surface area contributed by atoms with Crippen molar-refractivity contribution in [3.05, 3.63) is 90.0 Å². The highest BCUT2D eigenvalue weighted by atomic mass is 16.3. The normalized spacial score (nSPS) is 19.0. The van der Waals surface area contributed by atoms with E-state index in [1.165, 1.54) is 0 Å². The zero-order valence-corrected chi connectivity index (χ0v) is 13.1. The lowest BCUT2D eigenvalue weighted by atomic mass is 9.88. The Bertz CT molecular complexity index is 1050. The van der Waals surface area contributed by atoms with Crippen molar-refractivity contribution in [1.29, 1.82) is 0 Å². The van der Waals surface area contributed by atoms with Gasteiger partial charge in [-0.1, -0.05) is 66.7 Å². The lowest BCUT2D eigenvalue weighted by Crippen LogP contribution is -2.40. The second-order valence-corrected chi connectivity index (χ2v) is 6.28. The summed E-state index contributed by atoms with van der Waals surface area (Å²) < 4.78 is 1.99. The predicted molar refractivity (Wildman–Crippen MR) is 94.6 cm³/mol. The molecule has 0 fully saturated rings. The molecule has 0 aliphatic carbocycles. The van der Waals surface area contributed by atoms with Gasteiger partial charge in [0.2, 0.25) is 0 Å². The summed E-state index contributed by atoms with van der Waals surface area (Å²) in [5.41, 5.74) is 3.80. The molecule has 0 bridgehead atoms. The molecule has 0 saturated carbocycles. The molecule has 1 aliphatic heterocycles. The molecule has 1 aromatic heterocycles. The Balaban J connectivity index is 1.91. The maximum Gasteiger partial charge on any atom is 0.173 e. The molecule has 1 aliphatic rings. The van der Waals surface area contributed by atoms with E-state index in [1.807, 2.05) is 71.3 Å². The zero-order chi connectivity index (χ0) is 16.1. The number of aliphatic hydroxyl groups is 1. The van der Waals surface area contributed by atoms with Gasteiger partial charge in [0.25, 0.3) is 0 Å². The van der Waals surface area contributed by atoms with Crippen molar-refractivity contribution in [1.82, 2.24) is 9.55 Å². The van der Waals surface area contributed by atoms with E-state index in [4.69, 9.17) is 4.98 Å². The van der Waals surface area contributed by atoms with Gasteiger partial charge in [-0.2, -0.15) is 0 Å². The molecule has 24 heavy (non-hydrogen) atoms. The highest BCUT2D eigenvalue weighted by molar-refractivity contribution is 5.83. The average Bonchev–Trinajstić information content (AvgIpc) is 3.03. The maximum absolute atomic E-state index is 11.8. The van der Waals surface area contributed by atoms with Crippen LogP contribution in [-0.2, 0) is 12.1 Å². The number of hydrogen-bond donors (Lipinski definition) is 1. The minimum absolute atomic E-state index is 0.528. The van der Waals surface area contributed by atoms with Crippen molar-refractivity contribution in [3.8, 4) is 11.4 Å². The molecule has 1 unspecified atom stereocenters. The van der Waals surface area contributed by atoms with Crippen molar-refractivity contribution in [2.45, 2.75) is 12.1 Å². The van der Waals surface area contributed by atoms with E-state index in [1.54, 1.807) is 0 Å². The molecule has 1 N–H and O–H groups in total. The van der Waals surface area contributed by atoms with E-state index in [9.17, 15) is 5.11 Å². The summed E-state index contributed by atoms with van der Waals surface area (Å²) in [4.78, 5) is 4.82. The van der Waals surface area contributed by atoms with Crippen molar-refractivity contribution >= 4 is 11.0 Å². The average molecular weight is 312 g/mol. The quantitative estimate of drug-likeness (QED) is 0.578. The Morgan fingerprint density at radius 2 is 1.54 bits per heavy atom. The van der Waals surface area contributed by atoms with Crippen molar-refractivity contribution < 1.29 is 5.11 Å². The first-order valence-corrected chi connectivity index (χ1v) is 8.11. The number of nitrogens with zero attached hydrogens (tertiary/aromatic N) is 2. The van der Waals surface area contributed by atoms with E-state index in [0.29, 0.717) is 6.42 Å². The lowest BCUT2D eigenvalue weighted by Gasteiger charge is -2.36. The summed E-state index contributed by atoms with van der Waals surface area (Å²) in [5.74, 6) is 0.824. The summed E-state index contributed by atoms with van der Waals surface area (Å²) in [6.07, 6.45) is 0.528. The molecule has 0 saturated heterocycles. The third-order valence-corrected chi connectivity index (χ3v) is 4.86. The van der Waals surface area contributed by atoms with Crippen LogP contribution in [0.3, 0.4) is 0 Å². The summed E-state index contributed by atoms with van der Waals surface area (Å²) in [6, 6.07) is 26.0. The number of rotatable bonds is 1. The van der Waals surface area contributed by atoms with E-state index >= 15 is 0 Å². The molecule has 0 spiro atoms. The fraction of sp³-hybridized carbons (Fsp3) is 0.0952. The van der Waals surface area contributed by atoms with Crippen LogP contribution in [0.1, 0.15) is 11.1 Å². The van der Waals surface area contributed by atoms with Crippen LogP contribution < -0.4 is 0 Å². The third-order valence-electron chi connectivity index (χ3n) is 4.86. The number of aromatic nitrogens is 2. The monoisotopic (exact) mass is 312 g/mol. The van der Waals surface area contributed by atoms with Gasteiger partial charge in [0.15, 0.2) is 5.72 Å². The first-order valence-electron chi connectivity index (χ1n) is 8.11. The van der Waals surface area contributed by atoms with E-state index in [0.717, 1.165) is 33.5 Å². The van der Waals surface area contributed by atoms with Gasteiger partial charge < -0.3 is 5.11 Å². The number of imidazole rings is 1. The minimum atomic E-state index is -1.14. The molecular weight excluding hydrogens is 296 g/mol. The smallest absolute Gasteiger partial charge is 0.173 e. The van der Waals surface area contributed by atoms with Crippen LogP contribution in [0.15, 0.2) is 78.9 Å². The van der Waals surface area contributed by atoms with Crippen LogP contribution in [0.5, 0.6) is 0 Å². The first kappa shape index (κ1) is 13.5. The lowest BCUT2D eigenvalue weighted by molar-refractivity contribution is 0.00837. The Kier molecular flexibility index (Phi) is 2.70. The zero-order valence-electron chi connectivity index (χ0n) is 13.1. The van der Waals surface area contributed by atoms with Gasteiger partial charge in [0, 0.05) is 17.5 Å². The molecule has 5 rings (SSSR count). The fourth-order valence-electron chi connectivity index (χ4n) is 3.75. The Morgan fingerprint density at radius 1 is 0.833 bits per heavy atom. The van der Waals surface area contributed by atoms with Crippen molar-refractivity contribution in [3.63, 3.8) is 0 Å². The largest absolute Gasteiger partial charge is 0.366 e. The van der Waals surface area contributed by atoms with Gasteiger partial charge in [0.05, 0.1) is 11.0 Å². The van der Waals surface area contributed by atoms with E-state index < -0.39 is 5.72 Å². The molecule has 116 valence electrons. The highest BCUT2D eigenvalue weighted by Gasteiger charge is 2.40. The van der Waals surface area contributed by atoms with Crippen LogP contribution in [0.25, 0.3) is 22.4 Å². The number of benzene rings is 3. The first-order chi connectivity index (χ1) is 11.8. The Labute approximate surface area is 139 Å². The van der Waals surface area contributed by atoms with Crippen molar-refractivity contribution in [2.75, 3.05) is 0 Å². The second-order valence-electron chi connectivity index (χ2n) is 6.28. The minimum Gasteiger partial charge on any atom is -0.366 e. The molecular formula is C21H16N2O. The third kappa shape index (κ3) is 1.73. The maximum atomic E-state index is 11.8. The summed E-state index contributed by atoms with van der Waals surface area (Å²) >= 11 is 0. The van der Waals surface area contributed by atoms with Crippen LogP contribution in [0.4, 0.5) is 0 Å². The predicted octanol–water partition coefficient (Wildman–Crippen LogP) is 3.95. The fourth-order valence-corrected chi connectivity index (χ4v) is 3.75. The van der Waals surface area contributed by atoms with Gasteiger partial charge in [-0.25, -0.2) is 4.98 Å². The SMILES string of the molecule is OC1(c2ccccc2)Cc2ccccc2-c2nc3ccccc3n21. The van der Waals surface area contributed by atoms with Crippen LogP contribution in [-0.4, -0.2) is 14.7 Å². The molecule has 3 aromatic carbocycles. The van der Waals surface area contributed by atoms with Gasteiger partial charge in [0.1, 0.15) is 5.82 Å². The Hall–Kier alpha value is -2.91. The van der Waals surface area contributed by atoms with E-state index in [2.05, 4.69) is 12.1 Å². The summed E-state index contributed by atoms with van der Waals surface area (Å²) in [6.45, 7) is 0. The highest BCUT2D eigenvalue weighted by Crippen LogP contribution is 2.42. The van der Waals surface area contributed by atoms with Crippen LogP contribution >= 0.6 is 0 Å². The molecule has 3 nitrogen and oxygen atoms in total. The van der Waals surface area contributed by atoms with Gasteiger partial charge in [-0.3, -0.25) is 4.57 Å². The van der Waals surface area contributed by atoms with Crippen LogP contribution in [0, 0.1) is 0 Å². The number of fused-ring (bicyclic) bond motifs is 5. The number of hydrogen-bond acceptors (Lipinski definition) is 2. The second kappa shape index (κ2) is 4.79. The van der Waals surface area contributed by atoms with Gasteiger partial charge in [-0.05, 0) is 17.7 Å². The standard InChI is InChI=1S/C21H16N2O/c24-21(16-9-2-1-3-10-16)14-15-8-4-5-11-17(15)20-22-18-12-6-7-13-19(18)23(20)21/h1-13,24H,14H2. The molecule has 2 heterocycles.